The van der Waals surface area contributed by atoms with E-state index in [9.17, 15) is 8.42 Å². The highest BCUT2D eigenvalue weighted by atomic mass is 32.2. The van der Waals surface area contributed by atoms with Crippen molar-refractivity contribution in [3.63, 3.8) is 0 Å². The summed E-state index contributed by atoms with van der Waals surface area (Å²) in [5.41, 5.74) is 3.11. The molecule has 0 N–H and O–H groups in total. The van der Waals surface area contributed by atoms with E-state index in [2.05, 4.69) is 4.90 Å². The topological polar surface area (TPSA) is 59.1 Å². The van der Waals surface area contributed by atoms with Crippen LogP contribution in [0, 0.1) is 13.8 Å². The second-order valence-electron chi connectivity index (χ2n) is 6.67. The summed E-state index contributed by atoms with van der Waals surface area (Å²) in [5, 5.41) is 0. The average Bonchev–Trinajstić information content (AvgIpc) is 3.11. The number of piperazine rings is 1. The molecule has 0 amide bonds. The highest BCUT2D eigenvalue weighted by Crippen LogP contribution is 2.35. The second kappa shape index (κ2) is 6.48. The number of benzene rings is 2. The van der Waals surface area contributed by atoms with Gasteiger partial charge in [0.25, 0.3) is 0 Å². The number of hydrogen-bond acceptors (Lipinski definition) is 5. The van der Waals surface area contributed by atoms with Gasteiger partial charge < -0.3 is 14.4 Å². The van der Waals surface area contributed by atoms with E-state index in [1.54, 1.807) is 16.4 Å². The molecular formula is C19H22N2O4S. The summed E-state index contributed by atoms with van der Waals surface area (Å²) < 4.78 is 38.2. The van der Waals surface area contributed by atoms with Gasteiger partial charge in [-0.05, 0) is 49.2 Å². The Bertz CT molecular complexity index is 935. The average molecular weight is 374 g/mol. The standard InChI is InChI=1S/C19H22N2O4S/c1-14-3-5-17(11-15(14)2)26(22,23)21-9-7-20(8-10-21)16-4-6-18-19(12-16)25-13-24-18/h3-6,11-12H,7-10,13H2,1-2H3. The molecular weight excluding hydrogens is 352 g/mol. The van der Waals surface area contributed by atoms with Crippen LogP contribution in [-0.4, -0.2) is 45.7 Å². The normalized spacial score (nSPS) is 17.5. The van der Waals surface area contributed by atoms with E-state index in [-0.39, 0.29) is 6.79 Å². The van der Waals surface area contributed by atoms with Crippen LogP contribution in [0.2, 0.25) is 0 Å². The Morgan fingerprint density at radius 2 is 1.58 bits per heavy atom. The van der Waals surface area contributed by atoms with Crippen molar-refractivity contribution < 1.29 is 17.9 Å². The van der Waals surface area contributed by atoms with Gasteiger partial charge in [-0.3, -0.25) is 0 Å². The highest BCUT2D eigenvalue weighted by Gasteiger charge is 2.29. The lowest BCUT2D eigenvalue weighted by atomic mass is 10.1. The molecule has 2 aromatic rings. The fourth-order valence-corrected chi connectivity index (χ4v) is 4.80. The molecule has 7 heteroatoms. The lowest BCUT2D eigenvalue weighted by Crippen LogP contribution is -2.48. The fraction of sp³-hybridized carbons (Fsp3) is 0.368. The SMILES string of the molecule is Cc1ccc(S(=O)(=O)N2CCN(c3ccc4c(c3)OCO4)CC2)cc1C. The number of sulfonamides is 1. The molecule has 2 aliphatic heterocycles. The summed E-state index contributed by atoms with van der Waals surface area (Å²) in [4.78, 5) is 2.55. The van der Waals surface area contributed by atoms with Crippen LogP contribution in [0.4, 0.5) is 5.69 Å². The summed E-state index contributed by atoms with van der Waals surface area (Å²) >= 11 is 0. The van der Waals surface area contributed by atoms with Crippen molar-refractivity contribution in [2.24, 2.45) is 0 Å². The Balaban J connectivity index is 1.48. The molecule has 2 aliphatic rings. The van der Waals surface area contributed by atoms with Gasteiger partial charge in [-0.1, -0.05) is 6.07 Å². The Labute approximate surface area is 154 Å². The first-order valence-corrected chi connectivity index (χ1v) is 10.1. The Hall–Kier alpha value is -2.25. The molecule has 1 fully saturated rings. The predicted octanol–water partition coefficient (Wildman–Crippen LogP) is 2.54. The minimum atomic E-state index is -3.45. The lowest BCUT2D eigenvalue weighted by Gasteiger charge is -2.35. The van der Waals surface area contributed by atoms with E-state index in [0.29, 0.717) is 31.1 Å². The summed E-state index contributed by atoms with van der Waals surface area (Å²) in [6, 6.07) is 11.2. The van der Waals surface area contributed by atoms with Crippen LogP contribution in [0.1, 0.15) is 11.1 Å². The minimum Gasteiger partial charge on any atom is -0.454 e. The molecule has 6 nitrogen and oxygen atoms in total. The molecule has 0 bridgehead atoms. The van der Waals surface area contributed by atoms with Gasteiger partial charge >= 0.3 is 0 Å². The van der Waals surface area contributed by atoms with Crippen molar-refractivity contribution in [2.75, 3.05) is 37.9 Å². The van der Waals surface area contributed by atoms with E-state index in [1.807, 2.05) is 38.1 Å². The van der Waals surface area contributed by atoms with E-state index in [4.69, 9.17) is 9.47 Å². The van der Waals surface area contributed by atoms with Crippen LogP contribution in [0.3, 0.4) is 0 Å². The third-order valence-electron chi connectivity index (χ3n) is 5.08. The highest BCUT2D eigenvalue weighted by molar-refractivity contribution is 7.89. The molecule has 26 heavy (non-hydrogen) atoms. The maximum Gasteiger partial charge on any atom is 0.243 e. The first kappa shape index (κ1) is 17.2. The maximum atomic E-state index is 12.9. The molecule has 0 spiro atoms. The number of ether oxygens (including phenoxy) is 2. The zero-order valence-electron chi connectivity index (χ0n) is 14.9. The number of nitrogens with zero attached hydrogens (tertiary/aromatic N) is 2. The van der Waals surface area contributed by atoms with Gasteiger partial charge in [0.2, 0.25) is 16.8 Å². The molecule has 0 aromatic heterocycles. The van der Waals surface area contributed by atoms with Crippen LogP contribution in [0.15, 0.2) is 41.3 Å². The second-order valence-corrected chi connectivity index (χ2v) is 8.61. The molecule has 4 rings (SSSR count). The molecule has 138 valence electrons. The molecule has 0 saturated carbocycles. The Kier molecular flexibility index (Phi) is 4.28. The molecule has 0 aliphatic carbocycles. The molecule has 0 unspecified atom stereocenters. The number of hydrogen-bond donors (Lipinski definition) is 0. The summed E-state index contributed by atoms with van der Waals surface area (Å²) in [5.74, 6) is 1.50. The third kappa shape index (κ3) is 3.01. The van der Waals surface area contributed by atoms with Crippen molar-refractivity contribution in [3.05, 3.63) is 47.5 Å². The quantitative estimate of drug-likeness (QED) is 0.826. The lowest BCUT2D eigenvalue weighted by molar-refractivity contribution is 0.174. The van der Waals surface area contributed by atoms with E-state index in [1.165, 1.54) is 0 Å². The van der Waals surface area contributed by atoms with Crippen molar-refractivity contribution in [2.45, 2.75) is 18.7 Å². The molecule has 1 saturated heterocycles. The molecule has 2 aromatic carbocycles. The van der Waals surface area contributed by atoms with Crippen LogP contribution in [-0.2, 0) is 10.0 Å². The van der Waals surface area contributed by atoms with Crippen LogP contribution >= 0.6 is 0 Å². The van der Waals surface area contributed by atoms with Gasteiger partial charge in [0.15, 0.2) is 11.5 Å². The monoisotopic (exact) mass is 374 g/mol. The fourth-order valence-electron chi connectivity index (χ4n) is 3.29. The summed E-state index contributed by atoms with van der Waals surface area (Å²) in [7, 11) is -3.45. The number of rotatable bonds is 3. The van der Waals surface area contributed by atoms with E-state index >= 15 is 0 Å². The van der Waals surface area contributed by atoms with Gasteiger partial charge in [-0.2, -0.15) is 4.31 Å². The van der Waals surface area contributed by atoms with E-state index < -0.39 is 10.0 Å². The van der Waals surface area contributed by atoms with Gasteiger partial charge in [0.1, 0.15) is 0 Å². The van der Waals surface area contributed by atoms with Crippen molar-refractivity contribution in [1.82, 2.24) is 4.31 Å². The number of fused-ring (bicyclic) bond motifs is 1. The van der Waals surface area contributed by atoms with Crippen molar-refractivity contribution in [3.8, 4) is 11.5 Å². The van der Waals surface area contributed by atoms with Crippen LogP contribution in [0.5, 0.6) is 11.5 Å². The van der Waals surface area contributed by atoms with Gasteiger partial charge in [-0.25, -0.2) is 8.42 Å². The first-order valence-electron chi connectivity index (χ1n) is 8.67. The molecule has 2 heterocycles. The number of aryl methyl sites for hydroxylation is 2. The molecule has 0 atom stereocenters. The first-order chi connectivity index (χ1) is 12.4. The van der Waals surface area contributed by atoms with Crippen LogP contribution < -0.4 is 14.4 Å². The Morgan fingerprint density at radius 1 is 0.846 bits per heavy atom. The van der Waals surface area contributed by atoms with Gasteiger partial charge in [0, 0.05) is 37.9 Å². The zero-order valence-corrected chi connectivity index (χ0v) is 15.8. The Morgan fingerprint density at radius 3 is 2.31 bits per heavy atom. The van der Waals surface area contributed by atoms with Gasteiger partial charge in [-0.15, -0.1) is 0 Å². The largest absolute Gasteiger partial charge is 0.454 e. The third-order valence-corrected chi connectivity index (χ3v) is 6.97. The van der Waals surface area contributed by atoms with Gasteiger partial charge in [0.05, 0.1) is 4.90 Å². The van der Waals surface area contributed by atoms with Crippen LogP contribution in [0.25, 0.3) is 0 Å². The minimum absolute atomic E-state index is 0.251. The summed E-state index contributed by atoms with van der Waals surface area (Å²) in [6.07, 6.45) is 0. The summed E-state index contributed by atoms with van der Waals surface area (Å²) in [6.45, 7) is 6.38. The zero-order chi connectivity index (χ0) is 18.3. The predicted molar refractivity (Wildman–Crippen MR) is 99.5 cm³/mol. The van der Waals surface area contributed by atoms with Crippen molar-refractivity contribution in [1.29, 1.82) is 0 Å². The van der Waals surface area contributed by atoms with E-state index in [0.717, 1.165) is 28.3 Å². The molecule has 0 radical (unpaired) electrons. The smallest absolute Gasteiger partial charge is 0.243 e. The maximum absolute atomic E-state index is 12.9. The van der Waals surface area contributed by atoms with Crippen molar-refractivity contribution >= 4 is 15.7 Å². The number of anilines is 1.